The summed E-state index contributed by atoms with van der Waals surface area (Å²) < 4.78 is 20.2. The molecule has 1 aromatic carbocycles. The van der Waals surface area contributed by atoms with Crippen LogP contribution in [0.4, 0.5) is 10.1 Å². The average Bonchev–Trinajstić information content (AvgIpc) is 2.60. The van der Waals surface area contributed by atoms with Crippen molar-refractivity contribution in [1.82, 2.24) is 9.78 Å². The summed E-state index contributed by atoms with van der Waals surface area (Å²) in [6.07, 6.45) is 1.55. The highest BCUT2D eigenvalue weighted by molar-refractivity contribution is 5.48. The number of aryl methyl sites for hydroxylation is 1. The molecule has 0 aliphatic carbocycles. The summed E-state index contributed by atoms with van der Waals surface area (Å²) in [6.45, 7) is 0. The normalized spacial score (nSPS) is 9.94. The summed E-state index contributed by atoms with van der Waals surface area (Å²) in [6, 6.07) is 5.75. The van der Waals surface area contributed by atoms with Crippen LogP contribution in [0.15, 0.2) is 24.4 Å². The van der Waals surface area contributed by atoms with E-state index in [9.17, 15) is 4.39 Å². The summed E-state index contributed by atoms with van der Waals surface area (Å²) in [5.41, 5.74) is 6.15. The maximum Gasteiger partial charge on any atom is 0.261 e. The van der Waals surface area contributed by atoms with Crippen molar-refractivity contribution in [2.24, 2.45) is 7.05 Å². The van der Waals surface area contributed by atoms with Crippen LogP contribution in [0.5, 0.6) is 11.6 Å². The van der Waals surface area contributed by atoms with Gasteiger partial charge in [-0.3, -0.25) is 4.68 Å². The van der Waals surface area contributed by atoms with Crippen LogP contribution < -0.4 is 10.5 Å². The quantitative estimate of drug-likeness (QED) is 0.856. The lowest BCUT2D eigenvalue weighted by Gasteiger charge is -2.04. The van der Waals surface area contributed by atoms with E-state index in [4.69, 9.17) is 15.7 Å². The molecule has 6 heteroatoms. The van der Waals surface area contributed by atoms with Gasteiger partial charge in [-0.15, -0.1) is 5.10 Å². The Bertz CT molecular complexity index is 600. The van der Waals surface area contributed by atoms with E-state index < -0.39 is 5.82 Å². The molecule has 2 rings (SSSR count). The standard InChI is InChI=1S/C11H9FN4O/c1-16-6-9(14)11(15-16)17-10-3-2-7(5-13)4-8(10)12/h2-4,6H,14H2,1H3. The predicted molar refractivity (Wildman–Crippen MR) is 58.8 cm³/mol. The summed E-state index contributed by atoms with van der Waals surface area (Å²) in [4.78, 5) is 0. The number of hydrogen-bond acceptors (Lipinski definition) is 4. The Labute approximate surface area is 96.8 Å². The number of hydrogen-bond donors (Lipinski definition) is 1. The molecule has 1 aromatic heterocycles. The van der Waals surface area contributed by atoms with Crippen molar-refractivity contribution in [2.45, 2.75) is 0 Å². The van der Waals surface area contributed by atoms with Crippen LogP contribution in [0.2, 0.25) is 0 Å². The number of ether oxygens (including phenoxy) is 1. The highest BCUT2D eigenvalue weighted by atomic mass is 19.1. The van der Waals surface area contributed by atoms with Crippen LogP contribution in [0.3, 0.4) is 0 Å². The summed E-state index contributed by atoms with van der Waals surface area (Å²) in [7, 11) is 1.68. The molecule has 2 aromatic rings. The first-order valence-electron chi connectivity index (χ1n) is 4.77. The van der Waals surface area contributed by atoms with Crippen molar-refractivity contribution < 1.29 is 9.13 Å². The lowest BCUT2D eigenvalue weighted by atomic mass is 10.2. The number of nitrogen functional groups attached to an aromatic ring is 1. The monoisotopic (exact) mass is 232 g/mol. The summed E-state index contributed by atoms with van der Waals surface area (Å²) >= 11 is 0. The first kappa shape index (κ1) is 11.0. The number of anilines is 1. The van der Waals surface area contributed by atoms with Crippen LogP contribution in [0, 0.1) is 17.1 Å². The van der Waals surface area contributed by atoms with E-state index in [1.165, 1.54) is 16.8 Å². The molecule has 17 heavy (non-hydrogen) atoms. The molecule has 0 bridgehead atoms. The maximum absolute atomic E-state index is 13.5. The molecule has 0 atom stereocenters. The number of nitrogens with two attached hydrogens (primary N) is 1. The van der Waals surface area contributed by atoms with Gasteiger partial charge in [-0.25, -0.2) is 4.39 Å². The van der Waals surface area contributed by atoms with Crippen LogP contribution in [-0.4, -0.2) is 9.78 Å². The van der Waals surface area contributed by atoms with Crippen LogP contribution >= 0.6 is 0 Å². The van der Waals surface area contributed by atoms with Gasteiger partial charge in [-0.2, -0.15) is 5.26 Å². The fourth-order valence-corrected chi connectivity index (χ4v) is 1.32. The van der Waals surface area contributed by atoms with Crippen molar-refractivity contribution >= 4 is 5.69 Å². The molecule has 5 nitrogen and oxygen atoms in total. The van der Waals surface area contributed by atoms with Crippen molar-refractivity contribution in [2.75, 3.05) is 5.73 Å². The van der Waals surface area contributed by atoms with Crippen molar-refractivity contribution in [1.29, 1.82) is 5.26 Å². The second-order valence-electron chi connectivity index (χ2n) is 3.42. The minimum absolute atomic E-state index is 0.0191. The second kappa shape index (κ2) is 4.14. The fourth-order valence-electron chi connectivity index (χ4n) is 1.32. The van der Waals surface area contributed by atoms with Crippen molar-refractivity contribution in [3.8, 4) is 17.7 Å². The molecule has 0 amide bonds. The number of halogens is 1. The topological polar surface area (TPSA) is 76.9 Å². The SMILES string of the molecule is Cn1cc(N)c(Oc2ccc(C#N)cc2F)n1. The van der Waals surface area contributed by atoms with Crippen LogP contribution in [0.25, 0.3) is 0 Å². The third-order valence-corrected chi connectivity index (χ3v) is 2.09. The Balaban J connectivity index is 2.31. The fraction of sp³-hybridized carbons (Fsp3) is 0.0909. The molecular weight excluding hydrogens is 223 g/mol. The van der Waals surface area contributed by atoms with E-state index in [-0.39, 0.29) is 17.2 Å². The van der Waals surface area contributed by atoms with Gasteiger partial charge in [0.2, 0.25) is 0 Å². The number of aromatic nitrogens is 2. The highest BCUT2D eigenvalue weighted by Gasteiger charge is 2.10. The summed E-state index contributed by atoms with van der Waals surface area (Å²) in [5.74, 6) is -0.514. The zero-order valence-corrected chi connectivity index (χ0v) is 9.01. The van der Waals surface area contributed by atoms with E-state index >= 15 is 0 Å². The van der Waals surface area contributed by atoms with Gasteiger partial charge in [0.15, 0.2) is 11.6 Å². The lowest BCUT2D eigenvalue weighted by molar-refractivity contribution is 0.423. The predicted octanol–water partition coefficient (Wildman–Crippen LogP) is 1.81. The minimum atomic E-state index is -0.630. The van der Waals surface area contributed by atoms with Crippen LogP contribution in [0.1, 0.15) is 5.56 Å². The minimum Gasteiger partial charge on any atom is -0.433 e. The van der Waals surface area contributed by atoms with Gasteiger partial charge in [-0.1, -0.05) is 0 Å². The molecule has 2 N–H and O–H groups in total. The number of nitriles is 1. The Hall–Kier alpha value is -2.55. The lowest BCUT2D eigenvalue weighted by Crippen LogP contribution is -1.93. The van der Waals surface area contributed by atoms with Gasteiger partial charge in [0, 0.05) is 7.05 Å². The first-order chi connectivity index (χ1) is 8.10. The average molecular weight is 232 g/mol. The van der Waals surface area contributed by atoms with Gasteiger partial charge in [0.1, 0.15) is 5.69 Å². The molecule has 0 saturated carbocycles. The van der Waals surface area contributed by atoms with Gasteiger partial charge in [-0.05, 0) is 18.2 Å². The van der Waals surface area contributed by atoms with Gasteiger partial charge >= 0.3 is 0 Å². The second-order valence-corrected chi connectivity index (χ2v) is 3.42. The Morgan fingerprint density at radius 3 is 2.82 bits per heavy atom. The largest absolute Gasteiger partial charge is 0.433 e. The van der Waals surface area contributed by atoms with E-state index in [1.807, 2.05) is 6.07 Å². The molecule has 0 unspecified atom stereocenters. The van der Waals surface area contributed by atoms with Gasteiger partial charge < -0.3 is 10.5 Å². The zero-order chi connectivity index (χ0) is 12.4. The number of benzene rings is 1. The molecule has 0 radical (unpaired) electrons. The summed E-state index contributed by atoms with van der Waals surface area (Å²) in [5, 5.41) is 12.5. The molecule has 0 aliphatic rings. The van der Waals surface area contributed by atoms with E-state index in [0.717, 1.165) is 6.07 Å². The molecule has 0 saturated heterocycles. The number of rotatable bonds is 2. The Kier molecular flexibility index (Phi) is 2.66. The molecule has 1 heterocycles. The third-order valence-electron chi connectivity index (χ3n) is 2.09. The number of nitrogens with zero attached hydrogens (tertiary/aromatic N) is 3. The first-order valence-corrected chi connectivity index (χ1v) is 4.77. The van der Waals surface area contributed by atoms with Gasteiger partial charge in [0.25, 0.3) is 5.88 Å². The zero-order valence-electron chi connectivity index (χ0n) is 9.01. The molecule has 0 fully saturated rings. The third kappa shape index (κ3) is 2.18. The van der Waals surface area contributed by atoms with Crippen LogP contribution in [-0.2, 0) is 7.05 Å². The molecule has 86 valence electrons. The Morgan fingerprint density at radius 1 is 1.53 bits per heavy atom. The smallest absolute Gasteiger partial charge is 0.261 e. The highest BCUT2D eigenvalue weighted by Crippen LogP contribution is 2.27. The van der Waals surface area contributed by atoms with Gasteiger partial charge in [0.05, 0.1) is 17.8 Å². The molecule has 0 aliphatic heterocycles. The van der Waals surface area contributed by atoms with E-state index in [2.05, 4.69) is 5.10 Å². The van der Waals surface area contributed by atoms with E-state index in [0.29, 0.717) is 5.69 Å². The van der Waals surface area contributed by atoms with Crippen molar-refractivity contribution in [3.63, 3.8) is 0 Å². The maximum atomic E-state index is 13.5. The van der Waals surface area contributed by atoms with Crippen molar-refractivity contribution in [3.05, 3.63) is 35.8 Å². The van der Waals surface area contributed by atoms with E-state index in [1.54, 1.807) is 13.2 Å². The molecular formula is C11H9FN4O. The molecule has 0 spiro atoms. The Morgan fingerprint density at radius 2 is 2.29 bits per heavy atom.